The highest BCUT2D eigenvalue weighted by Gasteiger charge is 2.15. The number of benzene rings is 1. The Morgan fingerprint density at radius 3 is 2.58 bits per heavy atom. The minimum Gasteiger partial charge on any atom is -0.478 e. The Bertz CT molecular complexity index is 656. The Balaban J connectivity index is 2.30. The van der Waals surface area contributed by atoms with Crippen molar-refractivity contribution < 1.29 is 19.1 Å². The van der Waals surface area contributed by atoms with Crippen LogP contribution in [0, 0.1) is 5.82 Å². The van der Waals surface area contributed by atoms with Crippen molar-refractivity contribution in [2.24, 2.45) is 0 Å². The van der Waals surface area contributed by atoms with Crippen molar-refractivity contribution in [1.82, 2.24) is 0 Å². The lowest BCUT2D eigenvalue weighted by Crippen LogP contribution is -2.13. The lowest BCUT2D eigenvalue weighted by Gasteiger charge is -2.07. The molecule has 2 rings (SSSR count). The van der Waals surface area contributed by atoms with Crippen LogP contribution in [0.1, 0.15) is 20.0 Å². The van der Waals surface area contributed by atoms with E-state index in [9.17, 15) is 14.0 Å². The second kappa shape index (κ2) is 5.38. The number of thiophene rings is 1. The fourth-order valence-corrected chi connectivity index (χ4v) is 2.36. The Kier molecular flexibility index (Phi) is 3.82. The van der Waals surface area contributed by atoms with Crippen LogP contribution in [0.2, 0.25) is 4.34 Å². The monoisotopic (exact) mass is 299 g/mol. The number of carbonyl (C=O) groups excluding carboxylic acids is 1. The molecule has 0 radical (unpaired) electrons. The molecule has 98 valence electrons. The lowest BCUT2D eigenvalue weighted by atomic mass is 10.1. The highest BCUT2D eigenvalue weighted by Crippen LogP contribution is 2.24. The van der Waals surface area contributed by atoms with Gasteiger partial charge in [-0.2, -0.15) is 0 Å². The Hall–Kier alpha value is -1.92. The molecular weight excluding hydrogens is 293 g/mol. The minimum atomic E-state index is -1.25. The standard InChI is InChI=1S/C12H7ClFNO3S/c13-10-4-3-9(19-10)11(16)15-8-5-6(14)1-2-7(8)12(17)18/h1-5H,(H,15,16)(H,17,18). The van der Waals surface area contributed by atoms with E-state index in [-0.39, 0.29) is 11.3 Å². The zero-order chi connectivity index (χ0) is 14.0. The third-order valence-electron chi connectivity index (χ3n) is 2.26. The molecule has 0 unspecified atom stereocenters. The summed E-state index contributed by atoms with van der Waals surface area (Å²) in [7, 11) is 0. The summed E-state index contributed by atoms with van der Waals surface area (Å²) < 4.78 is 13.5. The third-order valence-corrected chi connectivity index (χ3v) is 3.49. The number of carboxylic acids is 1. The van der Waals surface area contributed by atoms with Gasteiger partial charge < -0.3 is 10.4 Å². The first-order valence-electron chi connectivity index (χ1n) is 5.07. The summed E-state index contributed by atoms with van der Waals surface area (Å²) >= 11 is 6.74. The molecule has 1 aromatic carbocycles. The van der Waals surface area contributed by atoms with E-state index in [1.165, 1.54) is 6.07 Å². The van der Waals surface area contributed by atoms with Crippen LogP contribution in [0.3, 0.4) is 0 Å². The zero-order valence-corrected chi connectivity index (χ0v) is 10.9. The van der Waals surface area contributed by atoms with Crippen LogP contribution in [0.25, 0.3) is 0 Å². The van der Waals surface area contributed by atoms with Crippen LogP contribution in [0.5, 0.6) is 0 Å². The van der Waals surface area contributed by atoms with E-state index in [4.69, 9.17) is 16.7 Å². The molecule has 0 aliphatic carbocycles. The van der Waals surface area contributed by atoms with Crippen LogP contribution < -0.4 is 5.32 Å². The number of amides is 1. The lowest BCUT2D eigenvalue weighted by molar-refractivity contribution is 0.0698. The maximum atomic E-state index is 13.1. The first kappa shape index (κ1) is 13.5. The summed E-state index contributed by atoms with van der Waals surface area (Å²) in [5.41, 5.74) is -0.278. The Morgan fingerprint density at radius 1 is 1.26 bits per heavy atom. The Labute approximate surface area is 116 Å². The molecule has 4 nitrogen and oxygen atoms in total. The molecule has 0 spiro atoms. The van der Waals surface area contributed by atoms with Crippen LogP contribution in [-0.4, -0.2) is 17.0 Å². The maximum absolute atomic E-state index is 13.1. The van der Waals surface area contributed by atoms with Gasteiger partial charge in [0.2, 0.25) is 0 Å². The summed E-state index contributed by atoms with van der Waals surface area (Å²) in [6, 6.07) is 6.11. The quantitative estimate of drug-likeness (QED) is 0.911. The number of aromatic carboxylic acids is 1. The number of nitrogens with one attached hydrogen (secondary N) is 1. The zero-order valence-electron chi connectivity index (χ0n) is 9.31. The first-order chi connectivity index (χ1) is 8.97. The van der Waals surface area contributed by atoms with Crippen molar-refractivity contribution in [2.75, 3.05) is 5.32 Å². The normalized spacial score (nSPS) is 10.2. The second-order valence-electron chi connectivity index (χ2n) is 3.55. The van der Waals surface area contributed by atoms with E-state index < -0.39 is 17.7 Å². The predicted octanol–water partition coefficient (Wildman–Crippen LogP) is 3.49. The van der Waals surface area contributed by atoms with Gasteiger partial charge in [0.25, 0.3) is 5.91 Å². The molecule has 1 aromatic heterocycles. The van der Waals surface area contributed by atoms with Gasteiger partial charge in [0.15, 0.2) is 0 Å². The molecule has 0 fully saturated rings. The van der Waals surface area contributed by atoms with Gasteiger partial charge in [0.05, 0.1) is 20.5 Å². The minimum absolute atomic E-state index is 0.0953. The van der Waals surface area contributed by atoms with Crippen molar-refractivity contribution in [1.29, 1.82) is 0 Å². The van der Waals surface area contributed by atoms with Gasteiger partial charge in [-0.05, 0) is 30.3 Å². The van der Waals surface area contributed by atoms with E-state index in [1.54, 1.807) is 6.07 Å². The van der Waals surface area contributed by atoms with Crippen molar-refractivity contribution in [3.8, 4) is 0 Å². The molecule has 7 heteroatoms. The topological polar surface area (TPSA) is 66.4 Å². The summed E-state index contributed by atoms with van der Waals surface area (Å²) in [5, 5.41) is 11.3. The molecular formula is C12H7ClFNO3S. The molecule has 1 heterocycles. The van der Waals surface area contributed by atoms with Crippen LogP contribution in [-0.2, 0) is 0 Å². The van der Waals surface area contributed by atoms with E-state index in [1.807, 2.05) is 0 Å². The molecule has 0 bridgehead atoms. The number of carboxylic acid groups (broad SMARTS) is 1. The number of anilines is 1. The SMILES string of the molecule is O=C(Nc1cc(F)ccc1C(=O)O)c1ccc(Cl)s1. The highest BCUT2D eigenvalue weighted by molar-refractivity contribution is 7.18. The van der Waals surface area contributed by atoms with E-state index in [0.29, 0.717) is 9.21 Å². The van der Waals surface area contributed by atoms with Gasteiger partial charge in [0, 0.05) is 0 Å². The number of hydrogen-bond donors (Lipinski definition) is 2. The molecule has 0 atom stereocenters. The molecule has 2 N–H and O–H groups in total. The molecule has 0 aliphatic heterocycles. The van der Waals surface area contributed by atoms with Crippen LogP contribution in [0.4, 0.5) is 10.1 Å². The first-order valence-corrected chi connectivity index (χ1v) is 6.26. The number of rotatable bonds is 3. The summed E-state index contributed by atoms with van der Waals surface area (Å²) in [6.07, 6.45) is 0. The summed E-state index contributed by atoms with van der Waals surface area (Å²) in [5.74, 6) is -2.42. The molecule has 19 heavy (non-hydrogen) atoms. The van der Waals surface area contributed by atoms with Crippen molar-refractivity contribution in [3.63, 3.8) is 0 Å². The van der Waals surface area contributed by atoms with Gasteiger partial charge in [-0.3, -0.25) is 4.79 Å². The largest absolute Gasteiger partial charge is 0.478 e. The number of hydrogen-bond acceptors (Lipinski definition) is 3. The summed E-state index contributed by atoms with van der Waals surface area (Å²) in [4.78, 5) is 23.1. The van der Waals surface area contributed by atoms with E-state index in [0.717, 1.165) is 29.5 Å². The van der Waals surface area contributed by atoms with Crippen molar-refractivity contribution in [3.05, 3.63) is 50.9 Å². The summed E-state index contributed by atoms with van der Waals surface area (Å²) in [6.45, 7) is 0. The van der Waals surface area contributed by atoms with Gasteiger partial charge in [-0.15, -0.1) is 11.3 Å². The smallest absolute Gasteiger partial charge is 0.337 e. The fraction of sp³-hybridized carbons (Fsp3) is 0. The number of carbonyl (C=O) groups is 2. The molecule has 0 aliphatic rings. The van der Waals surface area contributed by atoms with Crippen molar-refractivity contribution in [2.45, 2.75) is 0 Å². The number of halogens is 2. The van der Waals surface area contributed by atoms with Gasteiger partial charge >= 0.3 is 5.97 Å². The second-order valence-corrected chi connectivity index (χ2v) is 5.27. The molecule has 0 saturated heterocycles. The van der Waals surface area contributed by atoms with Crippen LogP contribution >= 0.6 is 22.9 Å². The van der Waals surface area contributed by atoms with E-state index in [2.05, 4.69) is 5.32 Å². The van der Waals surface area contributed by atoms with Gasteiger partial charge in [0.1, 0.15) is 5.82 Å². The highest BCUT2D eigenvalue weighted by atomic mass is 35.5. The van der Waals surface area contributed by atoms with Crippen molar-refractivity contribution >= 4 is 40.5 Å². The van der Waals surface area contributed by atoms with Gasteiger partial charge in [-0.25, -0.2) is 9.18 Å². The fourth-order valence-electron chi connectivity index (χ4n) is 1.43. The molecule has 2 aromatic rings. The van der Waals surface area contributed by atoms with E-state index >= 15 is 0 Å². The Morgan fingerprint density at radius 2 is 2.00 bits per heavy atom. The average Bonchev–Trinajstić information content (AvgIpc) is 2.75. The molecule has 1 amide bonds. The average molecular weight is 300 g/mol. The molecule has 0 saturated carbocycles. The predicted molar refractivity (Wildman–Crippen MR) is 70.6 cm³/mol. The van der Waals surface area contributed by atoms with Gasteiger partial charge in [-0.1, -0.05) is 11.6 Å². The maximum Gasteiger partial charge on any atom is 0.337 e. The van der Waals surface area contributed by atoms with Crippen LogP contribution in [0.15, 0.2) is 30.3 Å². The third kappa shape index (κ3) is 3.10.